The number of hydrogen-bond acceptors (Lipinski definition) is 4. The van der Waals surface area contributed by atoms with Gasteiger partial charge in [-0.15, -0.1) is 0 Å². The molecule has 0 radical (unpaired) electrons. The van der Waals surface area contributed by atoms with E-state index in [0.717, 1.165) is 6.42 Å². The summed E-state index contributed by atoms with van der Waals surface area (Å²) in [5.74, 6) is 5.64. The van der Waals surface area contributed by atoms with Crippen molar-refractivity contribution in [1.82, 2.24) is 9.31 Å². The van der Waals surface area contributed by atoms with Crippen LogP contribution in [0.1, 0.15) is 6.42 Å². The van der Waals surface area contributed by atoms with Crippen molar-refractivity contribution in [3.8, 4) is 0 Å². The van der Waals surface area contributed by atoms with Crippen LogP contribution in [0.3, 0.4) is 0 Å². The number of sulfonamides is 1. The van der Waals surface area contributed by atoms with Crippen molar-refractivity contribution in [2.45, 2.75) is 18.5 Å². The zero-order chi connectivity index (χ0) is 8.93. The zero-order valence-electron chi connectivity index (χ0n) is 6.97. The molecule has 0 amide bonds. The van der Waals surface area contributed by atoms with E-state index in [9.17, 15) is 8.42 Å². The first-order chi connectivity index (χ1) is 5.48. The van der Waals surface area contributed by atoms with Gasteiger partial charge in [-0.25, -0.2) is 13.4 Å². The van der Waals surface area contributed by atoms with Gasteiger partial charge in [0.05, 0.1) is 6.26 Å². The van der Waals surface area contributed by atoms with Crippen LogP contribution in [-0.4, -0.2) is 49.2 Å². The Kier molecular flexibility index (Phi) is 1.69. The zero-order valence-corrected chi connectivity index (χ0v) is 7.79. The molecule has 2 unspecified atom stereocenters. The number of nitrogens with two attached hydrogens (primary N) is 1. The third kappa shape index (κ3) is 1.15. The number of hydrogen-bond donors (Lipinski definition) is 1. The van der Waals surface area contributed by atoms with Gasteiger partial charge in [0.1, 0.15) is 0 Å². The Hall–Kier alpha value is -0.170. The molecule has 2 atom stereocenters. The summed E-state index contributed by atoms with van der Waals surface area (Å²) in [6, 6.07) is 0.361. The number of fused-ring (bicyclic) bond motifs is 2. The van der Waals surface area contributed by atoms with E-state index in [-0.39, 0.29) is 12.1 Å². The Morgan fingerprint density at radius 1 is 1.33 bits per heavy atom. The number of piperazine rings is 1. The fraction of sp³-hybridized carbons (Fsp3) is 1.00. The van der Waals surface area contributed by atoms with E-state index in [4.69, 9.17) is 5.84 Å². The smallest absolute Gasteiger partial charge is 0.211 e. The molecule has 2 rings (SSSR count). The monoisotopic (exact) mass is 191 g/mol. The molecule has 0 aromatic rings. The molecule has 0 aromatic carbocycles. The largest absolute Gasteiger partial charge is 0.268 e. The maximum atomic E-state index is 11.2. The summed E-state index contributed by atoms with van der Waals surface area (Å²) in [4.78, 5) is 0. The minimum atomic E-state index is -3.01. The van der Waals surface area contributed by atoms with Gasteiger partial charge in [-0.1, -0.05) is 0 Å². The van der Waals surface area contributed by atoms with Gasteiger partial charge in [0, 0.05) is 25.2 Å². The highest BCUT2D eigenvalue weighted by Gasteiger charge is 2.45. The van der Waals surface area contributed by atoms with Gasteiger partial charge in [0.25, 0.3) is 0 Å². The molecule has 2 bridgehead atoms. The Morgan fingerprint density at radius 3 is 2.33 bits per heavy atom. The summed E-state index contributed by atoms with van der Waals surface area (Å²) in [5, 5.41) is 1.74. The van der Waals surface area contributed by atoms with E-state index < -0.39 is 10.0 Å². The van der Waals surface area contributed by atoms with Gasteiger partial charge in [-0.2, -0.15) is 4.31 Å². The second-order valence-electron chi connectivity index (χ2n) is 3.57. The van der Waals surface area contributed by atoms with E-state index in [1.54, 1.807) is 9.31 Å². The van der Waals surface area contributed by atoms with E-state index in [2.05, 4.69) is 0 Å². The molecular formula is C6H13N3O2S. The molecule has 2 aliphatic heterocycles. The predicted octanol–water partition coefficient (Wildman–Crippen LogP) is -1.42. The van der Waals surface area contributed by atoms with Crippen LogP contribution in [0.15, 0.2) is 0 Å². The Morgan fingerprint density at radius 2 is 2.00 bits per heavy atom. The van der Waals surface area contributed by atoms with Crippen molar-refractivity contribution in [3.63, 3.8) is 0 Å². The minimum Gasteiger partial charge on any atom is -0.268 e. The summed E-state index contributed by atoms with van der Waals surface area (Å²) >= 11 is 0. The number of hydrazine groups is 1. The molecular weight excluding hydrogens is 178 g/mol. The van der Waals surface area contributed by atoms with Crippen LogP contribution in [0.4, 0.5) is 0 Å². The molecule has 2 saturated heterocycles. The summed E-state index contributed by atoms with van der Waals surface area (Å²) in [7, 11) is -3.01. The first kappa shape index (κ1) is 8.43. The van der Waals surface area contributed by atoms with Crippen LogP contribution >= 0.6 is 0 Å². The first-order valence-corrected chi connectivity index (χ1v) is 5.81. The van der Waals surface area contributed by atoms with Crippen LogP contribution < -0.4 is 5.84 Å². The average Bonchev–Trinajstić information content (AvgIpc) is 2.41. The molecule has 0 aliphatic carbocycles. The molecule has 0 spiro atoms. The van der Waals surface area contributed by atoms with Crippen molar-refractivity contribution in [3.05, 3.63) is 0 Å². The lowest BCUT2D eigenvalue weighted by Crippen LogP contribution is -2.50. The summed E-state index contributed by atoms with van der Waals surface area (Å²) in [6.45, 7) is 1.25. The quantitative estimate of drug-likeness (QED) is 0.516. The molecule has 6 heteroatoms. The average molecular weight is 191 g/mol. The van der Waals surface area contributed by atoms with Crippen LogP contribution in [0, 0.1) is 0 Å². The highest BCUT2D eigenvalue weighted by atomic mass is 32.2. The second kappa shape index (κ2) is 2.41. The third-order valence-electron chi connectivity index (χ3n) is 2.66. The third-order valence-corrected chi connectivity index (χ3v) is 3.96. The van der Waals surface area contributed by atoms with Crippen molar-refractivity contribution < 1.29 is 8.42 Å². The standard InChI is InChI=1S/C6H13N3O2S/c1-12(10,11)9-4-5-2-6(9)3-8(5)7/h5-6H,2-4,7H2,1H3. The molecule has 2 aliphatic rings. The number of rotatable bonds is 1. The van der Waals surface area contributed by atoms with Crippen molar-refractivity contribution in [1.29, 1.82) is 0 Å². The van der Waals surface area contributed by atoms with Crippen LogP contribution in [0.5, 0.6) is 0 Å². The molecule has 12 heavy (non-hydrogen) atoms. The fourth-order valence-electron chi connectivity index (χ4n) is 2.07. The van der Waals surface area contributed by atoms with Crippen LogP contribution in [0.25, 0.3) is 0 Å². The maximum absolute atomic E-state index is 11.2. The van der Waals surface area contributed by atoms with Crippen molar-refractivity contribution >= 4 is 10.0 Å². The molecule has 2 heterocycles. The lowest BCUT2D eigenvalue weighted by molar-refractivity contribution is 0.186. The van der Waals surface area contributed by atoms with Crippen LogP contribution in [0.2, 0.25) is 0 Å². The van der Waals surface area contributed by atoms with Crippen molar-refractivity contribution in [2.24, 2.45) is 5.84 Å². The number of nitrogens with zero attached hydrogens (tertiary/aromatic N) is 2. The normalized spacial score (nSPS) is 37.8. The summed E-state index contributed by atoms with van der Waals surface area (Å²) < 4.78 is 23.9. The van der Waals surface area contributed by atoms with Gasteiger partial charge in [0.2, 0.25) is 10.0 Å². The lowest BCUT2D eigenvalue weighted by Gasteiger charge is -2.29. The highest BCUT2D eigenvalue weighted by molar-refractivity contribution is 7.88. The second-order valence-corrected chi connectivity index (χ2v) is 5.51. The van der Waals surface area contributed by atoms with Gasteiger partial charge in [-0.05, 0) is 6.42 Å². The molecule has 0 saturated carbocycles. The van der Waals surface area contributed by atoms with E-state index in [0.29, 0.717) is 13.1 Å². The highest BCUT2D eigenvalue weighted by Crippen LogP contribution is 2.29. The van der Waals surface area contributed by atoms with Crippen molar-refractivity contribution in [2.75, 3.05) is 19.3 Å². The Bertz CT molecular complexity index is 287. The van der Waals surface area contributed by atoms with E-state index in [1.165, 1.54) is 6.26 Å². The van der Waals surface area contributed by atoms with E-state index in [1.807, 2.05) is 0 Å². The SMILES string of the molecule is CS(=O)(=O)N1CC2CC1CN2N. The molecule has 0 aromatic heterocycles. The Balaban J connectivity index is 2.18. The summed E-state index contributed by atoms with van der Waals surface area (Å²) in [5.41, 5.74) is 0. The topological polar surface area (TPSA) is 66.6 Å². The van der Waals surface area contributed by atoms with E-state index >= 15 is 0 Å². The van der Waals surface area contributed by atoms with Gasteiger partial charge < -0.3 is 0 Å². The maximum Gasteiger partial charge on any atom is 0.211 e. The van der Waals surface area contributed by atoms with Crippen LogP contribution in [-0.2, 0) is 10.0 Å². The Labute approximate surface area is 72.1 Å². The van der Waals surface area contributed by atoms with Gasteiger partial charge in [-0.3, -0.25) is 5.84 Å². The van der Waals surface area contributed by atoms with Gasteiger partial charge in [0.15, 0.2) is 0 Å². The fourth-order valence-corrected chi connectivity index (χ4v) is 3.20. The molecule has 70 valence electrons. The predicted molar refractivity (Wildman–Crippen MR) is 44.6 cm³/mol. The summed E-state index contributed by atoms with van der Waals surface area (Å²) in [6.07, 6.45) is 2.15. The molecule has 2 fully saturated rings. The minimum absolute atomic E-state index is 0.120. The molecule has 2 N–H and O–H groups in total. The molecule has 5 nitrogen and oxygen atoms in total. The van der Waals surface area contributed by atoms with Gasteiger partial charge >= 0.3 is 0 Å². The first-order valence-electron chi connectivity index (χ1n) is 3.96. The lowest BCUT2D eigenvalue weighted by atomic mass is 10.2.